The van der Waals surface area contributed by atoms with Crippen molar-refractivity contribution in [1.82, 2.24) is 0 Å². The van der Waals surface area contributed by atoms with E-state index >= 15 is 0 Å². The predicted molar refractivity (Wildman–Crippen MR) is 114 cm³/mol. The topological polar surface area (TPSA) is 77.8 Å². The summed E-state index contributed by atoms with van der Waals surface area (Å²) in [4.78, 5) is 25.9. The minimum absolute atomic E-state index is 0.220. The Bertz CT molecular complexity index is 954. The van der Waals surface area contributed by atoms with Crippen LogP contribution in [0.5, 0.6) is 0 Å². The van der Waals surface area contributed by atoms with Crippen LogP contribution in [0.25, 0.3) is 0 Å². The Morgan fingerprint density at radius 2 is 1.73 bits per heavy atom. The maximum atomic E-state index is 13.0. The summed E-state index contributed by atoms with van der Waals surface area (Å²) in [5.74, 6) is -1.72. The average Bonchev–Trinajstić information content (AvgIpc) is 3.24. The lowest BCUT2D eigenvalue weighted by Gasteiger charge is -2.31. The van der Waals surface area contributed by atoms with E-state index in [1.807, 2.05) is 44.2 Å². The van der Waals surface area contributed by atoms with Crippen molar-refractivity contribution in [3.8, 4) is 0 Å². The molecule has 1 aliphatic rings. The van der Waals surface area contributed by atoms with Crippen molar-refractivity contribution in [3.63, 3.8) is 0 Å². The third kappa shape index (κ3) is 4.48. The third-order valence-corrected chi connectivity index (χ3v) is 5.01. The van der Waals surface area contributed by atoms with Crippen molar-refractivity contribution in [3.05, 3.63) is 76.9 Å². The Morgan fingerprint density at radius 1 is 1.03 bits per heavy atom. The lowest BCUT2D eigenvalue weighted by atomic mass is 9.75. The van der Waals surface area contributed by atoms with Crippen LogP contribution >= 0.6 is 0 Å². The van der Waals surface area contributed by atoms with Gasteiger partial charge >= 0.3 is 11.9 Å². The Hall–Kier alpha value is -3.28. The fraction of sp³-hybridized carbons (Fsp3) is 0.333. The van der Waals surface area contributed by atoms with Crippen molar-refractivity contribution in [1.29, 1.82) is 0 Å². The minimum Gasteiger partial charge on any atom is -0.469 e. The molecule has 1 aromatic carbocycles. The van der Waals surface area contributed by atoms with Crippen molar-refractivity contribution < 1.29 is 23.5 Å². The first-order chi connectivity index (χ1) is 14.5. The van der Waals surface area contributed by atoms with Crippen molar-refractivity contribution >= 4 is 17.6 Å². The second kappa shape index (κ2) is 9.48. The van der Waals surface area contributed by atoms with Gasteiger partial charge in [0.2, 0.25) is 0 Å². The molecule has 1 heterocycles. The van der Waals surface area contributed by atoms with Crippen LogP contribution in [-0.2, 0) is 19.1 Å². The molecule has 0 saturated carbocycles. The molecule has 0 bridgehead atoms. The minimum atomic E-state index is -0.681. The number of esters is 2. The molecular weight excluding hydrogens is 382 g/mol. The summed E-state index contributed by atoms with van der Waals surface area (Å²) < 4.78 is 16.3. The molecule has 1 N–H and O–H groups in total. The van der Waals surface area contributed by atoms with Gasteiger partial charge in [0.15, 0.2) is 0 Å². The van der Waals surface area contributed by atoms with E-state index in [1.54, 1.807) is 26.0 Å². The maximum absolute atomic E-state index is 13.0. The summed E-state index contributed by atoms with van der Waals surface area (Å²) in [5, 5.41) is 3.32. The molecule has 3 rings (SSSR count). The molecule has 2 atom stereocenters. The van der Waals surface area contributed by atoms with Crippen LogP contribution in [0.2, 0.25) is 0 Å². The van der Waals surface area contributed by atoms with Gasteiger partial charge in [-0.2, -0.15) is 0 Å². The van der Waals surface area contributed by atoms with E-state index in [4.69, 9.17) is 13.9 Å². The summed E-state index contributed by atoms with van der Waals surface area (Å²) in [6, 6.07) is 11.3. The van der Waals surface area contributed by atoms with Crippen molar-refractivity contribution in [2.75, 3.05) is 18.5 Å². The van der Waals surface area contributed by atoms with Crippen LogP contribution in [-0.4, -0.2) is 25.2 Å². The smallest absolute Gasteiger partial charge is 0.336 e. The predicted octanol–water partition coefficient (Wildman–Crippen LogP) is 4.74. The molecule has 0 radical (unpaired) electrons. The monoisotopic (exact) mass is 409 g/mol. The number of furan rings is 1. The van der Waals surface area contributed by atoms with Gasteiger partial charge in [0, 0.05) is 11.4 Å². The van der Waals surface area contributed by atoms with Crippen molar-refractivity contribution in [2.45, 2.75) is 33.6 Å². The van der Waals surface area contributed by atoms with E-state index in [9.17, 15) is 9.59 Å². The maximum Gasteiger partial charge on any atom is 0.336 e. The van der Waals surface area contributed by atoms with Gasteiger partial charge in [0.1, 0.15) is 5.76 Å². The number of carbonyl (C=O) groups excluding carboxylic acids is 2. The zero-order valence-electron chi connectivity index (χ0n) is 17.7. The molecule has 0 saturated heterocycles. The molecule has 0 spiro atoms. The van der Waals surface area contributed by atoms with Gasteiger partial charge in [0.25, 0.3) is 0 Å². The van der Waals surface area contributed by atoms with E-state index in [-0.39, 0.29) is 13.2 Å². The highest BCUT2D eigenvalue weighted by Crippen LogP contribution is 2.43. The van der Waals surface area contributed by atoms with Gasteiger partial charge in [-0.3, -0.25) is 4.79 Å². The average molecular weight is 409 g/mol. The van der Waals surface area contributed by atoms with E-state index in [2.05, 4.69) is 5.32 Å². The largest absolute Gasteiger partial charge is 0.469 e. The van der Waals surface area contributed by atoms with Crippen LogP contribution in [0.15, 0.2) is 70.0 Å². The summed E-state index contributed by atoms with van der Waals surface area (Å²) in [7, 11) is 0. The van der Waals surface area contributed by atoms with Crippen LogP contribution in [0.1, 0.15) is 38.0 Å². The fourth-order valence-corrected chi connectivity index (χ4v) is 3.66. The molecule has 0 amide bonds. The molecule has 1 aliphatic carbocycles. The lowest BCUT2D eigenvalue weighted by molar-refractivity contribution is -0.147. The number of hydrogen-bond donors (Lipinski definition) is 1. The standard InChI is InChI=1S/C24H27NO5/c1-5-28-23(26)20-16(4)14-18(25-17-11-9-15(3)10-12-17)21(24(27)29-6-2)22(20)19-8-7-13-30-19/h7-14,20,22,25H,5-6H2,1-4H3/t20-,22-/m1/s1. The molecular formula is C24H27NO5. The van der Waals surface area contributed by atoms with Crippen LogP contribution in [0, 0.1) is 12.8 Å². The summed E-state index contributed by atoms with van der Waals surface area (Å²) in [5.41, 5.74) is 3.66. The second-order valence-corrected chi connectivity index (χ2v) is 7.15. The fourth-order valence-electron chi connectivity index (χ4n) is 3.66. The zero-order valence-corrected chi connectivity index (χ0v) is 17.7. The molecule has 158 valence electrons. The third-order valence-electron chi connectivity index (χ3n) is 5.01. The molecule has 30 heavy (non-hydrogen) atoms. The number of ether oxygens (including phenoxy) is 2. The normalized spacial score (nSPS) is 18.6. The zero-order chi connectivity index (χ0) is 21.7. The second-order valence-electron chi connectivity index (χ2n) is 7.15. The summed E-state index contributed by atoms with van der Waals surface area (Å²) >= 11 is 0. The lowest BCUT2D eigenvalue weighted by Crippen LogP contribution is -2.33. The SMILES string of the molecule is CCOC(=O)C1=C(Nc2ccc(C)cc2)C=C(C)[C@@H](C(=O)OCC)[C@H]1c1ccco1. The number of benzene rings is 1. The highest BCUT2D eigenvalue weighted by molar-refractivity contribution is 5.95. The van der Waals surface area contributed by atoms with E-state index in [0.29, 0.717) is 17.0 Å². The summed E-state index contributed by atoms with van der Waals surface area (Å²) in [6.45, 7) is 7.84. The quantitative estimate of drug-likeness (QED) is 0.666. The Kier molecular flexibility index (Phi) is 6.77. The van der Waals surface area contributed by atoms with E-state index < -0.39 is 23.8 Å². The summed E-state index contributed by atoms with van der Waals surface area (Å²) in [6.07, 6.45) is 3.34. The van der Waals surface area contributed by atoms with Gasteiger partial charge in [-0.1, -0.05) is 23.3 Å². The number of rotatable bonds is 7. The molecule has 1 aromatic heterocycles. The van der Waals surface area contributed by atoms with Gasteiger partial charge < -0.3 is 19.2 Å². The van der Waals surface area contributed by atoms with Gasteiger partial charge in [-0.05, 0) is 58.0 Å². The van der Waals surface area contributed by atoms with Gasteiger partial charge in [-0.25, -0.2) is 4.79 Å². The molecule has 0 fully saturated rings. The molecule has 6 nitrogen and oxygen atoms in total. The molecule has 0 unspecified atom stereocenters. The van der Waals surface area contributed by atoms with E-state index in [0.717, 1.165) is 16.8 Å². The number of nitrogens with one attached hydrogen (secondary N) is 1. The Labute approximate surface area is 176 Å². The van der Waals surface area contributed by atoms with Crippen molar-refractivity contribution in [2.24, 2.45) is 5.92 Å². The molecule has 0 aliphatic heterocycles. The van der Waals surface area contributed by atoms with Crippen LogP contribution < -0.4 is 5.32 Å². The Balaban J connectivity index is 2.14. The molecule has 2 aromatic rings. The first-order valence-electron chi connectivity index (χ1n) is 10.1. The highest BCUT2D eigenvalue weighted by Gasteiger charge is 2.43. The highest BCUT2D eigenvalue weighted by atomic mass is 16.5. The number of carbonyl (C=O) groups is 2. The first-order valence-corrected chi connectivity index (χ1v) is 10.1. The Morgan fingerprint density at radius 3 is 2.33 bits per heavy atom. The van der Waals surface area contributed by atoms with Crippen LogP contribution in [0.4, 0.5) is 5.69 Å². The number of anilines is 1. The number of aryl methyl sites for hydroxylation is 1. The van der Waals surface area contributed by atoms with Crippen LogP contribution in [0.3, 0.4) is 0 Å². The van der Waals surface area contributed by atoms with E-state index in [1.165, 1.54) is 6.26 Å². The number of allylic oxidation sites excluding steroid dienone is 1. The van der Waals surface area contributed by atoms with Gasteiger partial charge in [0.05, 0.1) is 36.9 Å². The molecule has 6 heteroatoms. The van der Waals surface area contributed by atoms with Gasteiger partial charge in [-0.15, -0.1) is 0 Å². The first kappa shape index (κ1) is 21.4. The number of hydrogen-bond acceptors (Lipinski definition) is 6.